The molecule has 0 aliphatic carbocycles. The molecular weight excluding hydrogens is 460 g/mol. The zero-order valence-corrected chi connectivity index (χ0v) is 21.0. The van der Waals surface area contributed by atoms with Crippen molar-refractivity contribution in [3.05, 3.63) is 70.5 Å². The number of benzene rings is 2. The molecule has 0 saturated carbocycles. The Morgan fingerprint density at radius 2 is 1.80 bits per heavy atom. The van der Waals surface area contributed by atoms with Crippen molar-refractivity contribution in [3.63, 3.8) is 0 Å². The molecule has 3 heterocycles. The van der Waals surface area contributed by atoms with Crippen molar-refractivity contribution < 1.29 is 14.3 Å². The number of thiazole rings is 1. The van der Waals surface area contributed by atoms with Gasteiger partial charge in [0, 0.05) is 30.6 Å². The normalized spacial score (nSPS) is 18.0. The van der Waals surface area contributed by atoms with E-state index in [1.807, 2.05) is 49.4 Å². The summed E-state index contributed by atoms with van der Waals surface area (Å²) in [6.45, 7) is 5.00. The molecule has 2 fully saturated rings. The van der Waals surface area contributed by atoms with Crippen LogP contribution in [0.5, 0.6) is 5.75 Å². The third-order valence-corrected chi connectivity index (χ3v) is 7.91. The summed E-state index contributed by atoms with van der Waals surface area (Å²) in [6, 6.07) is 17.5. The lowest BCUT2D eigenvalue weighted by atomic mass is 9.85. The Bertz CT molecular complexity index is 1200. The summed E-state index contributed by atoms with van der Waals surface area (Å²) in [7, 11) is 1.61. The zero-order valence-electron chi connectivity index (χ0n) is 20.1. The van der Waals surface area contributed by atoms with Gasteiger partial charge >= 0.3 is 6.03 Å². The zero-order chi connectivity index (χ0) is 24.4. The monoisotopic (exact) mass is 490 g/mol. The molecule has 182 valence electrons. The highest BCUT2D eigenvalue weighted by Gasteiger charge is 2.57. The number of imide groups is 1. The molecule has 2 aliphatic heterocycles. The Morgan fingerprint density at radius 1 is 1.03 bits per heavy atom. The van der Waals surface area contributed by atoms with Crippen molar-refractivity contribution in [2.24, 2.45) is 0 Å². The van der Waals surface area contributed by atoms with E-state index in [-0.39, 0.29) is 18.5 Å². The van der Waals surface area contributed by atoms with E-state index in [2.05, 4.69) is 22.4 Å². The lowest BCUT2D eigenvalue weighted by molar-refractivity contribution is -0.136. The van der Waals surface area contributed by atoms with Gasteiger partial charge in [-0.05, 0) is 37.5 Å². The number of likely N-dealkylation sites (tertiary alicyclic amines) is 1. The molecule has 3 amide bonds. The first kappa shape index (κ1) is 23.5. The van der Waals surface area contributed by atoms with E-state index in [9.17, 15) is 9.59 Å². The molecule has 2 aliphatic rings. The number of urea groups is 1. The first-order chi connectivity index (χ1) is 17.0. The number of carbonyl (C=O) groups excluding carboxylic acids is 2. The molecule has 8 heteroatoms. The largest absolute Gasteiger partial charge is 0.497 e. The van der Waals surface area contributed by atoms with Crippen molar-refractivity contribution in [2.75, 3.05) is 26.7 Å². The van der Waals surface area contributed by atoms with Crippen molar-refractivity contribution in [1.29, 1.82) is 0 Å². The summed E-state index contributed by atoms with van der Waals surface area (Å²) in [6.07, 6.45) is 1.27. The van der Waals surface area contributed by atoms with Crippen LogP contribution in [0.2, 0.25) is 0 Å². The summed E-state index contributed by atoms with van der Waals surface area (Å²) in [5.74, 6) is 0.641. The minimum atomic E-state index is -0.751. The topological polar surface area (TPSA) is 66.0 Å². The summed E-state index contributed by atoms with van der Waals surface area (Å²) in [4.78, 5) is 37.3. The van der Waals surface area contributed by atoms with E-state index in [0.29, 0.717) is 19.4 Å². The number of rotatable bonds is 7. The highest BCUT2D eigenvalue weighted by molar-refractivity contribution is 7.09. The molecule has 0 N–H and O–H groups in total. The molecule has 0 radical (unpaired) electrons. The van der Waals surface area contributed by atoms with Gasteiger partial charge in [0.15, 0.2) is 0 Å². The Hall–Kier alpha value is -3.23. The summed E-state index contributed by atoms with van der Waals surface area (Å²) >= 11 is 1.67. The van der Waals surface area contributed by atoms with Crippen LogP contribution in [-0.2, 0) is 17.9 Å². The summed E-state index contributed by atoms with van der Waals surface area (Å²) in [5, 5.41) is 3.17. The lowest BCUT2D eigenvalue weighted by Gasteiger charge is -2.41. The number of ether oxygens (including phenoxy) is 1. The standard InChI is InChI=1S/C27H30N4O3S/c1-3-31-26(33)30(17-20-8-7-11-22(16-20)34-2)25(32)27(31)12-14-29(15-13-27)18-24-28-23(19-35-24)21-9-5-4-6-10-21/h4-11,16,19H,3,12-15,17-18H2,1-2H3. The van der Waals surface area contributed by atoms with Gasteiger partial charge in [-0.25, -0.2) is 9.78 Å². The third-order valence-electron chi connectivity index (χ3n) is 7.08. The maximum Gasteiger partial charge on any atom is 0.327 e. The molecule has 2 saturated heterocycles. The third kappa shape index (κ3) is 4.44. The fraction of sp³-hybridized carbons (Fsp3) is 0.370. The maximum atomic E-state index is 13.6. The van der Waals surface area contributed by atoms with E-state index in [1.165, 1.54) is 4.90 Å². The minimum absolute atomic E-state index is 0.0765. The van der Waals surface area contributed by atoms with Crippen LogP contribution in [0.25, 0.3) is 11.3 Å². The fourth-order valence-electron chi connectivity index (χ4n) is 5.19. The van der Waals surface area contributed by atoms with Gasteiger partial charge < -0.3 is 9.64 Å². The van der Waals surface area contributed by atoms with E-state index in [0.717, 1.165) is 47.2 Å². The van der Waals surface area contributed by atoms with Gasteiger partial charge in [-0.2, -0.15) is 0 Å². The molecule has 0 bridgehead atoms. The second-order valence-electron chi connectivity index (χ2n) is 9.07. The molecule has 1 aromatic heterocycles. The number of hydrogen-bond donors (Lipinski definition) is 0. The van der Waals surface area contributed by atoms with Crippen LogP contribution in [0.15, 0.2) is 60.0 Å². The van der Waals surface area contributed by atoms with Crippen LogP contribution in [0.4, 0.5) is 4.79 Å². The molecular formula is C27H30N4O3S. The van der Waals surface area contributed by atoms with Crippen molar-refractivity contribution in [2.45, 2.75) is 38.4 Å². The molecule has 7 nitrogen and oxygen atoms in total. The van der Waals surface area contributed by atoms with Crippen molar-refractivity contribution >= 4 is 23.3 Å². The molecule has 3 aromatic rings. The van der Waals surface area contributed by atoms with Gasteiger partial charge in [0.1, 0.15) is 16.3 Å². The quantitative estimate of drug-likeness (QED) is 0.452. The van der Waals surface area contributed by atoms with E-state index < -0.39 is 5.54 Å². The van der Waals surface area contributed by atoms with Crippen LogP contribution in [0.1, 0.15) is 30.3 Å². The van der Waals surface area contributed by atoms with E-state index in [4.69, 9.17) is 9.72 Å². The summed E-state index contributed by atoms with van der Waals surface area (Å²) in [5.41, 5.74) is 2.26. The van der Waals surface area contributed by atoms with Crippen LogP contribution < -0.4 is 4.74 Å². The molecule has 2 aromatic carbocycles. The number of nitrogens with zero attached hydrogens (tertiary/aromatic N) is 4. The van der Waals surface area contributed by atoms with Crippen LogP contribution in [-0.4, -0.2) is 63.9 Å². The predicted molar refractivity (Wildman–Crippen MR) is 136 cm³/mol. The number of aromatic nitrogens is 1. The first-order valence-corrected chi connectivity index (χ1v) is 12.9. The van der Waals surface area contributed by atoms with Crippen LogP contribution in [0.3, 0.4) is 0 Å². The smallest absolute Gasteiger partial charge is 0.327 e. The Kier molecular flexibility index (Phi) is 6.58. The maximum absolute atomic E-state index is 13.6. The number of amides is 3. The second-order valence-corrected chi connectivity index (χ2v) is 10.0. The molecule has 1 spiro atoms. The van der Waals surface area contributed by atoms with Gasteiger partial charge in [-0.3, -0.25) is 14.6 Å². The van der Waals surface area contributed by atoms with E-state index in [1.54, 1.807) is 23.3 Å². The minimum Gasteiger partial charge on any atom is -0.497 e. The molecule has 0 atom stereocenters. The van der Waals surface area contributed by atoms with Gasteiger partial charge in [-0.15, -0.1) is 11.3 Å². The highest BCUT2D eigenvalue weighted by atomic mass is 32.1. The summed E-state index contributed by atoms with van der Waals surface area (Å²) < 4.78 is 5.30. The second kappa shape index (κ2) is 9.79. The lowest BCUT2D eigenvalue weighted by Crippen LogP contribution is -2.56. The number of hydrogen-bond acceptors (Lipinski definition) is 6. The van der Waals surface area contributed by atoms with Crippen LogP contribution in [0, 0.1) is 0 Å². The SMILES string of the molecule is CCN1C(=O)N(Cc2cccc(OC)c2)C(=O)C12CCN(Cc1nc(-c3ccccc3)cs1)CC2. The van der Waals surface area contributed by atoms with Gasteiger partial charge in [0.05, 0.1) is 25.9 Å². The Morgan fingerprint density at radius 3 is 2.51 bits per heavy atom. The van der Waals surface area contributed by atoms with Gasteiger partial charge in [0.2, 0.25) is 0 Å². The van der Waals surface area contributed by atoms with Crippen molar-refractivity contribution in [3.8, 4) is 17.0 Å². The van der Waals surface area contributed by atoms with Crippen LogP contribution >= 0.6 is 11.3 Å². The fourth-order valence-corrected chi connectivity index (χ4v) is 6.04. The van der Waals surface area contributed by atoms with Crippen molar-refractivity contribution in [1.82, 2.24) is 19.7 Å². The van der Waals surface area contributed by atoms with Gasteiger partial charge in [-0.1, -0.05) is 42.5 Å². The van der Waals surface area contributed by atoms with E-state index >= 15 is 0 Å². The number of methoxy groups -OCH3 is 1. The molecule has 35 heavy (non-hydrogen) atoms. The Balaban J connectivity index is 1.26. The molecule has 5 rings (SSSR count). The number of piperidine rings is 1. The average Bonchev–Trinajstić information content (AvgIpc) is 3.43. The molecule has 0 unspecified atom stereocenters. The number of likely N-dealkylation sites (N-methyl/N-ethyl adjacent to an activating group) is 1. The predicted octanol–water partition coefficient (Wildman–Crippen LogP) is 4.64. The highest BCUT2D eigenvalue weighted by Crippen LogP contribution is 2.38. The Labute approximate surface area is 209 Å². The first-order valence-electron chi connectivity index (χ1n) is 12.0. The average molecular weight is 491 g/mol. The van der Waals surface area contributed by atoms with Gasteiger partial charge in [0.25, 0.3) is 5.91 Å². The number of carbonyl (C=O) groups is 2.